The first-order valence-corrected chi connectivity index (χ1v) is 5.91. The zero-order valence-electron chi connectivity index (χ0n) is 9.49. The fraction of sp³-hybridized carbons (Fsp3) is 0.400. The summed E-state index contributed by atoms with van der Waals surface area (Å²) in [6.45, 7) is 3.77. The van der Waals surface area contributed by atoms with Gasteiger partial charge in [0, 0.05) is 0 Å². The van der Waals surface area contributed by atoms with E-state index in [-0.39, 0.29) is 0 Å². The fourth-order valence-corrected chi connectivity index (χ4v) is 1.65. The van der Waals surface area contributed by atoms with Gasteiger partial charge in [0.05, 0.1) is 0 Å². The first-order valence-electron chi connectivity index (χ1n) is 5.91. The molecule has 15 heavy (non-hydrogen) atoms. The molecule has 0 saturated carbocycles. The van der Waals surface area contributed by atoms with Gasteiger partial charge in [0.25, 0.3) is 0 Å². The third-order valence-corrected chi connectivity index (χ3v) is 2.51. The Balaban J connectivity index is 2.00. The lowest BCUT2D eigenvalue weighted by atomic mass is 10.1. The molecule has 0 aliphatic rings. The van der Waals surface area contributed by atoms with Crippen LogP contribution in [-0.2, 0) is 6.42 Å². The topological polar surface area (TPSA) is 0 Å². The van der Waals surface area contributed by atoms with Crippen molar-refractivity contribution in [3.05, 3.63) is 55.0 Å². The minimum Gasteiger partial charge on any atom is -0.0885 e. The molecule has 1 radical (unpaired) electrons. The van der Waals surface area contributed by atoms with Gasteiger partial charge in [-0.3, -0.25) is 0 Å². The van der Waals surface area contributed by atoms with E-state index in [4.69, 9.17) is 0 Å². The second-order valence-electron chi connectivity index (χ2n) is 3.85. The SMILES string of the molecule is [CH2]CC=CCCCCCc1ccccc1. The van der Waals surface area contributed by atoms with Gasteiger partial charge in [-0.1, -0.05) is 48.9 Å². The van der Waals surface area contributed by atoms with E-state index in [1.807, 2.05) is 0 Å². The Bertz CT molecular complexity index is 259. The van der Waals surface area contributed by atoms with E-state index in [0.29, 0.717) is 0 Å². The van der Waals surface area contributed by atoms with Crippen molar-refractivity contribution >= 4 is 0 Å². The molecule has 0 fully saturated rings. The third kappa shape index (κ3) is 6.11. The van der Waals surface area contributed by atoms with Crippen LogP contribution in [0.25, 0.3) is 0 Å². The van der Waals surface area contributed by atoms with Crippen LogP contribution in [0.4, 0.5) is 0 Å². The van der Waals surface area contributed by atoms with Crippen LogP contribution in [0.15, 0.2) is 42.5 Å². The Kier molecular flexibility index (Phi) is 6.64. The summed E-state index contributed by atoms with van der Waals surface area (Å²) < 4.78 is 0. The van der Waals surface area contributed by atoms with Gasteiger partial charge in [-0.15, -0.1) is 0 Å². The van der Waals surface area contributed by atoms with Gasteiger partial charge in [-0.2, -0.15) is 0 Å². The minimum absolute atomic E-state index is 0.921. The summed E-state index contributed by atoms with van der Waals surface area (Å²) in [5.74, 6) is 0. The summed E-state index contributed by atoms with van der Waals surface area (Å²) in [5, 5.41) is 0. The van der Waals surface area contributed by atoms with Crippen LogP contribution in [0.1, 0.15) is 37.7 Å². The maximum Gasteiger partial charge on any atom is -0.0279 e. The number of rotatable bonds is 7. The van der Waals surface area contributed by atoms with E-state index in [2.05, 4.69) is 49.4 Å². The Labute approximate surface area is 94.0 Å². The first kappa shape index (κ1) is 12.0. The van der Waals surface area contributed by atoms with E-state index in [1.54, 1.807) is 0 Å². The first-order chi connectivity index (χ1) is 7.43. The normalized spacial score (nSPS) is 11.0. The van der Waals surface area contributed by atoms with Crippen molar-refractivity contribution in [2.45, 2.75) is 38.5 Å². The number of hydrogen-bond acceptors (Lipinski definition) is 0. The molecular weight excluding hydrogens is 180 g/mol. The van der Waals surface area contributed by atoms with Crippen molar-refractivity contribution in [3.63, 3.8) is 0 Å². The predicted molar refractivity (Wildman–Crippen MR) is 67.7 cm³/mol. The molecule has 0 aliphatic carbocycles. The molecule has 0 spiro atoms. The lowest BCUT2D eigenvalue weighted by molar-refractivity contribution is 0.686. The second kappa shape index (κ2) is 8.28. The molecule has 0 atom stereocenters. The van der Waals surface area contributed by atoms with E-state index >= 15 is 0 Å². The summed E-state index contributed by atoms with van der Waals surface area (Å²) in [7, 11) is 0. The van der Waals surface area contributed by atoms with Gasteiger partial charge in [-0.25, -0.2) is 0 Å². The smallest absolute Gasteiger partial charge is 0.0279 e. The Hall–Kier alpha value is -1.04. The standard InChI is InChI=1S/C15H21/c1-2-3-4-5-6-7-9-12-15-13-10-8-11-14-15/h3-4,8,10-11,13-14H,1-2,5-7,9,12H2. The molecular formula is C15H21. The van der Waals surface area contributed by atoms with E-state index < -0.39 is 0 Å². The van der Waals surface area contributed by atoms with Crippen molar-refractivity contribution in [2.75, 3.05) is 0 Å². The highest BCUT2D eigenvalue weighted by molar-refractivity contribution is 5.14. The maximum absolute atomic E-state index is 3.77. The fourth-order valence-electron chi connectivity index (χ4n) is 1.65. The van der Waals surface area contributed by atoms with Crippen molar-refractivity contribution in [1.29, 1.82) is 0 Å². The molecule has 1 aromatic carbocycles. The Morgan fingerprint density at radius 2 is 1.73 bits per heavy atom. The number of benzene rings is 1. The van der Waals surface area contributed by atoms with Gasteiger partial charge >= 0.3 is 0 Å². The van der Waals surface area contributed by atoms with Crippen LogP contribution >= 0.6 is 0 Å². The van der Waals surface area contributed by atoms with Crippen molar-refractivity contribution < 1.29 is 0 Å². The summed E-state index contributed by atoms with van der Waals surface area (Å²) >= 11 is 0. The molecule has 0 saturated heterocycles. The molecule has 1 rings (SSSR count). The Morgan fingerprint density at radius 1 is 0.933 bits per heavy atom. The molecule has 0 bridgehead atoms. The molecule has 0 N–H and O–H groups in total. The van der Waals surface area contributed by atoms with E-state index in [0.717, 1.165) is 6.42 Å². The Morgan fingerprint density at radius 3 is 2.47 bits per heavy atom. The number of aryl methyl sites for hydroxylation is 1. The number of hydrogen-bond donors (Lipinski definition) is 0. The van der Waals surface area contributed by atoms with Crippen LogP contribution in [0.2, 0.25) is 0 Å². The van der Waals surface area contributed by atoms with Gasteiger partial charge in [-0.05, 0) is 44.6 Å². The van der Waals surface area contributed by atoms with Gasteiger partial charge < -0.3 is 0 Å². The molecule has 0 amide bonds. The van der Waals surface area contributed by atoms with Crippen molar-refractivity contribution in [1.82, 2.24) is 0 Å². The molecule has 1 aromatic rings. The molecule has 81 valence electrons. The highest BCUT2D eigenvalue weighted by Gasteiger charge is 1.91. The number of unbranched alkanes of at least 4 members (excludes halogenated alkanes) is 3. The van der Waals surface area contributed by atoms with E-state index in [9.17, 15) is 0 Å². The minimum atomic E-state index is 0.921. The quantitative estimate of drug-likeness (QED) is 0.448. The summed E-state index contributed by atoms with van der Waals surface area (Å²) in [4.78, 5) is 0. The highest BCUT2D eigenvalue weighted by atomic mass is 14.0. The molecule has 0 nitrogen and oxygen atoms in total. The number of allylic oxidation sites excluding steroid dienone is 2. The van der Waals surface area contributed by atoms with E-state index in [1.165, 1.54) is 37.7 Å². The molecule has 0 heterocycles. The lowest BCUT2D eigenvalue weighted by Gasteiger charge is -2.00. The summed E-state index contributed by atoms with van der Waals surface area (Å²) in [6, 6.07) is 10.7. The molecule has 0 aromatic heterocycles. The third-order valence-electron chi connectivity index (χ3n) is 2.51. The summed E-state index contributed by atoms with van der Waals surface area (Å²) in [6.07, 6.45) is 11.7. The van der Waals surface area contributed by atoms with Crippen LogP contribution in [0.5, 0.6) is 0 Å². The molecule has 0 heteroatoms. The lowest BCUT2D eigenvalue weighted by Crippen LogP contribution is -1.84. The van der Waals surface area contributed by atoms with Crippen molar-refractivity contribution in [2.24, 2.45) is 0 Å². The molecule has 0 aliphatic heterocycles. The van der Waals surface area contributed by atoms with Crippen LogP contribution < -0.4 is 0 Å². The predicted octanol–water partition coefficient (Wildman–Crippen LogP) is 4.57. The van der Waals surface area contributed by atoms with Gasteiger partial charge in [0.1, 0.15) is 0 Å². The average molecular weight is 201 g/mol. The van der Waals surface area contributed by atoms with Crippen LogP contribution in [0.3, 0.4) is 0 Å². The highest BCUT2D eigenvalue weighted by Crippen LogP contribution is 2.07. The second-order valence-corrected chi connectivity index (χ2v) is 3.85. The summed E-state index contributed by atoms with van der Waals surface area (Å²) in [5.41, 5.74) is 1.46. The zero-order valence-corrected chi connectivity index (χ0v) is 9.49. The average Bonchev–Trinajstić information content (AvgIpc) is 2.29. The monoisotopic (exact) mass is 201 g/mol. The zero-order chi connectivity index (χ0) is 10.8. The van der Waals surface area contributed by atoms with Crippen LogP contribution in [-0.4, -0.2) is 0 Å². The van der Waals surface area contributed by atoms with Crippen molar-refractivity contribution in [3.8, 4) is 0 Å². The largest absolute Gasteiger partial charge is 0.0885 e. The molecule has 0 unspecified atom stereocenters. The van der Waals surface area contributed by atoms with Gasteiger partial charge in [0.2, 0.25) is 0 Å². The maximum atomic E-state index is 3.77. The van der Waals surface area contributed by atoms with Gasteiger partial charge in [0.15, 0.2) is 0 Å². The van der Waals surface area contributed by atoms with Crippen LogP contribution in [0, 0.1) is 6.92 Å².